The molecule has 110 valence electrons. The molecular weight excluding hydrogens is 270 g/mol. The summed E-state index contributed by atoms with van der Waals surface area (Å²) in [6.45, 7) is 5.69. The van der Waals surface area contributed by atoms with E-state index in [0.717, 1.165) is 5.69 Å². The molecule has 0 aliphatic rings. The largest absolute Gasteiger partial charge is 0.478 e. The van der Waals surface area contributed by atoms with Crippen molar-refractivity contribution < 1.29 is 14.7 Å². The van der Waals surface area contributed by atoms with Gasteiger partial charge in [0.25, 0.3) is 5.91 Å². The first-order chi connectivity index (χ1) is 9.88. The van der Waals surface area contributed by atoms with Crippen molar-refractivity contribution in [2.24, 2.45) is 0 Å². The maximum Gasteiger partial charge on any atom is 0.336 e. The summed E-state index contributed by atoms with van der Waals surface area (Å²) in [5, 5.41) is 18.5. The van der Waals surface area contributed by atoms with Crippen molar-refractivity contribution in [3.63, 3.8) is 0 Å². The number of nitrogens with zero attached hydrogens (tertiary/aromatic N) is 1. The van der Waals surface area contributed by atoms with Gasteiger partial charge in [-0.3, -0.25) is 9.89 Å². The summed E-state index contributed by atoms with van der Waals surface area (Å²) in [6.07, 6.45) is 0. The highest BCUT2D eigenvalue weighted by atomic mass is 16.4. The van der Waals surface area contributed by atoms with Gasteiger partial charge in [-0.1, -0.05) is 19.9 Å². The first-order valence-corrected chi connectivity index (χ1v) is 6.59. The number of aryl methyl sites for hydroxylation is 1. The molecule has 0 bridgehead atoms. The minimum absolute atomic E-state index is 0.165. The Morgan fingerprint density at radius 1 is 1.29 bits per heavy atom. The molecule has 0 radical (unpaired) electrons. The van der Waals surface area contributed by atoms with Crippen LogP contribution in [0.2, 0.25) is 0 Å². The van der Waals surface area contributed by atoms with E-state index in [1.54, 1.807) is 25.1 Å². The third-order valence-corrected chi connectivity index (χ3v) is 3.18. The van der Waals surface area contributed by atoms with Gasteiger partial charge >= 0.3 is 5.97 Å². The van der Waals surface area contributed by atoms with Crippen LogP contribution in [-0.2, 0) is 0 Å². The fourth-order valence-electron chi connectivity index (χ4n) is 1.87. The van der Waals surface area contributed by atoms with Crippen molar-refractivity contribution in [1.29, 1.82) is 0 Å². The lowest BCUT2D eigenvalue weighted by atomic mass is 10.1. The Bertz CT molecular complexity index is 689. The number of aromatic carboxylic acids is 1. The van der Waals surface area contributed by atoms with Gasteiger partial charge < -0.3 is 10.4 Å². The van der Waals surface area contributed by atoms with E-state index in [2.05, 4.69) is 15.5 Å². The Morgan fingerprint density at radius 2 is 2.00 bits per heavy atom. The number of hydrogen-bond acceptors (Lipinski definition) is 3. The van der Waals surface area contributed by atoms with Crippen LogP contribution >= 0.6 is 0 Å². The smallest absolute Gasteiger partial charge is 0.336 e. The first-order valence-electron chi connectivity index (χ1n) is 6.59. The van der Waals surface area contributed by atoms with Gasteiger partial charge in [0.15, 0.2) is 5.69 Å². The number of carboxylic acids is 1. The lowest BCUT2D eigenvalue weighted by molar-refractivity contribution is 0.0695. The van der Waals surface area contributed by atoms with Crippen LogP contribution in [0.3, 0.4) is 0 Å². The molecule has 1 aromatic carbocycles. The van der Waals surface area contributed by atoms with Crippen molar-refractivity contribution >= 4 is 17.6 Å². The molecule has 3 N–H and O–H groups in total. The molecule has 1 amide bonds. The number of anilines is 1. The van der Waals surface area contributed by atoms with Crippen LogP contribution in [0.15, 0.2) is 24.3 Å². The van der Waals surface area contributed by atoms with Crippen molar-refractivity contribution in [2.75, 3.05) is 5.32 Å². The maximum absolute atomic E-state index is 12.1. The maximum atomic E-state index is 12.1. The summed E-state index contributed by atoms with van der Waals surface area (Å²) < 4.78 is 0. The van der Waals surface area contributed by atoms with Crippen LogP contribution < -0.4 is 5.32 Å². The van der Waals surface area contributed by atoms with Gasteiger partial charge in [0.2, 0.25) is 0 Å². The molecule has 0 spiro atoms. The molecule has 1 aromatic heterocycles. The van der Waals surface area contributed by atoms with E-state index < -0.39 is 5.97 Å². The van der Waals surface area contributed by atoms with Crippen LogP contribution in [0, 0.1) is 6.92 Å². The van der Waals surface area contributed by atoms with Crippen LogP contribution in [0.5, 0.6) is 0 Å². The normalized spacial score (nSPS) is 10.7. The van der Waals surface area contributed by atoms with Crippen LogP contribution in [-0.4, -0.2) is 27.2 Å². The van der Waals surface area contributed by atoms with Crippen molar-refractivity contribution in [1.82, 2.24) is 10.2 Å². The highest BCUT2D eigenvalue weighted by Gasteiger charge is 2.14. The first kappa shape index (κ1) is 14.8. The van der Waals surface area contributed by atoms with E-state index in [9.17, 15) is 9.59 Å². The Balaban J connectivity index is 2.19. The van der Waals surface area contributed by atoms with E-state index >= 15 is 0 Å². The second-order valence-corrected chi connectivity index (χ2v) is 5.15. The van der Waals surface area contributed by atoms with Gasteiger partial charge in [0, 0.05) is 11.4 Å². The molecule has 0 aliphatic carbocycles. The van der Waals surface area contributed by atoms with Gasteiger partial charge in [-0.05, 0) is 36.6 Å². The Morgan fingerprint density at radius 3 is 2.57 bits per heavy atom. The lowest BCUT2D eigenvalue weighted by Gasteiger charge is -2.06. The molecule has 2 aromatic rings. The van der Waals surface area contributed by atoms with Gasteiger partial charge in [0.1, 0.15) is 0 Å². The number of aromatic nitrogens is 2. The number of carbonyl (C=O) groups is 2. The van der Waals surface area contributed by atoms with Gasteiger partial charge in [0.05, 0.1) is 5.56 Å². The summed E-state index contributed by atoms with van der Waals surface area (Å²) in [5.41, 5.74) is 2.38. The molecule has 0 saturated heterocycles. The zero-order valence-electron chi connectivity index (χ0n) is 12.1. The Labute approximate surface area is 122 Å². The van der Waals surface area contributed by atoms with E-state index in [0.29, 0.717) is 11.3 Å². The zero-order chi connectivity index (χ0) is 15.6. The number of carbonyl (C=O) groups excluding carboxylic acids is 1. The number of aromatic amines is 1. The molecule has 1 heterocycles. The molecule has 0 fully saturated rings. The Hall–Kier alpha value is -2.63. The summed E-state index contributed by atoms with van der Waals surface area (Å²) in [4.78, 5) is 23.2. The van der Waals surface area contributed by atoms with E-state index in [-0.39, 0.29) is 23.1 Å². The summed E-state index contributed by atoms with van der Waals surface area (Å²) in [5.74, 6) is -1.15. The van der Waals surface area contributed by atoms with Crippen molar-refractivity contribution in [3.05, 3.63) is 46.8 Å². The number of carboxylic acid groups (broad SMARTS) is 1. The van der Waals surface area contributed by atoms with Crippen LogP contribution in [0.1, 0.15) is 51.9 Å². The monoisotopic (exact) mass is 287 g/mol. The second kappa shape index (κ2) is 5.78. The molecule has 0 atom stereocenters. The van der Waals surface area contributed by atoms with Gasteiger partial charge in [-0.2, -0.15) is 5.10 Å². The summed E-state index contributed by atoms with van der Waals surface area (Å²) >= 11 is 0. The molecule has 0 unspecified atom stereocenters. The van der Waals surface area contributed by atoms with Crippen LogP contribution in [0.25, 0.3) is 0 Å². The summed E-state index contributed by atoms with van der Waals surface area (Å²) in [7, 11) is 0. The minimum atomic E-state index is -1.02. The van der Waals surface area contributed by atoms with E-state index in [1.807, 2.05) is 13.8 Å². The molecular formula is C15H17N3O3. The number of nitrogens with one attached hydrogen (secondary N) is 2. The number of amides is 1. The van der Waals surface area contributed by atoms with Crippen molar-refractivity contribution in [2.45, 2.75) is 26.7 Å². The van der Waals surface area contributed by atoms with E-state index in [1.165, 1.54) is 6.07 Å². The highest BCUT2D eigenvalue weighted by molar-refractivity contribution is 6.03. The molecule has 6 heteroatoms. The lowest BCUT2D eigenvalue weighted by Crippen LogP contribution is -2.13. The standard InChI is InChI=1S/C15H17N3O3/c1-8(2)12-7-13(18-17-12)14(19)16-10-5-4-9(3)11(6-10)15(20)21/h4-8H,1-3H3,(H,16,19)(H,17,18)(H,20,21). The van der Waals surface area contributed by atoms with E-state index in [4.69, 9.17) is 5.11 Å². The predicted octanol–water partition coefficient (Wildman–Crippen LogP) is 2.79. The minimum Gasteiger partial charge on any atom is -0.478 e. The third kappa shape index (κ3) is 3.28. The number of hydrogen-bond donors (Lipinski definition) is 3. The molecule has 0 saturated carbocycles. The SMILES string of the molecule is Cc1ccc(NC(=O)c2cc(C(C)C)[nH]n2)cc1C(=O)O. The number of H-pyrrole nitrogens is 1. The fourth-order valence-corrected chi connectivity index (χ4v) is 1.87. The predicted molar refractivity (Wildman–Crippen MR) is 78.8 cm³/mol. The molecule has 2 rings (SSSR count). The van der Waals surface area contributed by atoms with Crippen molar-refractivity contribution in [3.8, 4) is 0 Å². The van der Waals surface area contributed by atoms with Crippen LogP contribution in [0.4, 0.5) is 5.69 Å². The van der Waals surface area contributed by atoms with Gasteiger partial charge in [-0.25, -0.2) is 4.79 Å². The fraction of sp³-hybridized carbons (Fsp3) is 0.267. The third-order valence-electron chi connectivity index (χ3n) is 3.18. The topological polar surface area (TPSA) is 95.1 Å². The molecule has 0 aliphatic heterocycles. The Kier molecular flexibility index (Phi) is 4.07. The number of rotatable bonds is 4. The zero-order valence-corrected chi connectivity index (χ0v) is 12.1. The summed E-state index contributed by atoms with van der Waals surface area (Å²) in [6, 6.07) is 6.44. The number of benzene rings is 1. The molecule has 6 nitrogen and oxygen atoms in total. The highest BCUT2D eigenvalue weighted by Crippen LogP contribution is 2.17. The van der Waals surface area contributed by atoms with Gasteiger partial charge in [-0.15, -0.1) is 0 Å². The molecule has 21 heavy (non-hydrogen) atoms. The second-order valence-electron chi connectivity index (χ2n) is 5.15. The average Bonchev–Trinajstić information content (AvgIpc) is 2.90. The average molecular weight is 287 g/mol. The quantitative estimate of drug-likeness (QED) is 0.805.